The molecule has 1 heterocycles. The van der Waals surface area contributed by atoms with Gasteiger partial charge in [-0.3, -0.25) is 0 Å². The van der Waals surface area contributed by atoms with E-state index in [-0.39, 0.29) is 11.7 Å². The Labute approximate surface area is 157 Å². The molecular formula is C21H21NO5. The highest BCUT2D eigenvalue weighted by molar-refractivity contribution is 5.85. The van der Waals surface area contributed by atoms with Gasteiger partial charge in [-0.2, -0.15) is 0 Å². The van der Waals surface area contributed by atoms with Crippen molar-refractivity contribution in [3.05, 3.63) is 83.6 Å². The van der Waals surface area contributed by atoms with Gasteiger partial charge in [0.25, 0.3) is 0 Å². The number of hydrogen-bond acceptors (Lipinski definition) is 6. The number of esters is 1. The number of oxazole rings is 1. The molecule has 3 aromatic rings. The quantitative estimate of drug-likeness (QED) is 0.611. The molecule has 0 aliphatic heterocycles. The fourth-order valence-electron chi connectivity index (χ4n) is 2.55. The number of aromatic nitrogens is 1. The summed E-state index contributed by atoms with van der Waals surface area (Å²) in [5.74, 6) is 0.314. The number of methoxy groups -OCH3 is 1. The second kappa shape index (κ2) is 9.00. The van der Waals surface area contributed by atoms with E-state index in [1.165, 1.54) is 13.3 Å². The van der Waals surface area contributed by atoms with Gasteiger partial charge in [-0.25, -0.2) is 9.78 Å². The first-order valence-electron chi connectivity index (χ1n) is 8.63. The molecule has 0 bridgehead atoms. The first-order chi connectivity index (χ1) is 13.2. The van der Waals surface area contributed by atoms with Gasteiger partial charge in [0.1, 0.15) is 18.5 Å². The summed E-state index contributed by atoms with van der Waals surface area (Å²) in [6.07, 6.45) is 1.45. The van der Waals surface area contributed by atoms with Crippen molar-refractivity contribution in [3.8, 4) is 5.75 Å². The molecule has 1 atom stereocenters. The van der Waals surface area contributed by atoms with Gasteiger partial charge < -0.3 is 19.0 Å². The Morgan fingerprint density at radius 3 is 2.52 bits per heavy atom. The van der Waals surface area contributed by atoms with Gasteiger partial charge in [0.2, 0.25) is 11.7 Å². The van der Waals surface area contributed by atoms with Crippen LogP contribution in [0, 0.1) is 0 Å². The Morgan fingerprint density at radius 1 is 1.11 bits per heavy atom. The summed E-state index contributed by atoms with van der Waals surface area (Å²) < 4.78 is 15.5. The lowest BCUT2D eigenvalue weighted by Crippen LogP contribution is -2.01. The van der Waals surface area contributed by atoms with Crippen LogP contribution in [-0.4, -0.2) is 23.2 Å². The van der Waals surface area contributed by atoms with Gasteiger partial charge in [-0.15, -0.1) is 0 Å². The first kappa shape index (κ1) is 18.7. The van der Waals surface area contributed by atoms with Crippen molar-refractivity contribution in [2.45, 2.75) is 25.6 Å². The number of carbonyl (C=O) groups excluding carboxylic acids is 1. The maximum Gasteiger partial charge on any atom is 0.375 e. The number of aryl methyl sites for hydroxylation is 1. The van der Waals surface area contributed by atoms with E-state index in [4.69, 9.17) is 9.15 Å². The molecule has 0 radical (unpaired) electrons. The van der Waals surface area contributed by atoms with E-state index in [0.29, 0.717) is 19.4 Å². The molecule has 0 spiro atoms. The number of nitrogens with zero attached hydrogens (tertiary/aromatic N) is 1. The number of aliphatic hydroxyl groups is 1. The van der Waals surface area contributed by atoms with Crippen LogP contribution in [0.4, 0.5) is 0 Å². The van der Waals surface area contributed by atoms with E-state index in [1.54, 1.807) is 0 Å². The fourth-order valence-corrected chi connectivity index (χ4v) is 2.55. The van der Waals surface area contributed by atoms with Gasteiger partial charge in [0.15, 0.2) is 0 Å². The van der Waals surface area contributed by atoms with Gasteiger partial charge >= 0.3 is 5.97 Å². The molecule has 1 aromatic heterocycles. The molecule has 0 amide bonds. The molecule has 0 aliphatic rings. The molecule has 0 fully saturated rings. The van der Waals surface area contributed by atoms with Crippen LogP contribution in [0.5, 0.6) is 5.75 Å². The SMILES string of the molecule is COC(=O)c1cnc(C(O)CCc2ccc(COc3ccccc3)cc2)o1. The maximum absolute atomic E-state index is 11.4. The molecule has 6 nitrogen and oxygen atoms in total. The van der Waals surface area contributed by atoms with Crippen molar-refractivity contribution < 1.29 is 23.8 Å². The molecule has 1 unspecified atom stereocenters. The predicted molar refractivity (Wildman–Crippen MR) is 98.3 cm³/mol. The van der Waals surface area contributed by atoms with Crippen molar-refractivity contribution in [1.29, 1.82) is 0 Å². The number of benzene rings is 2. The lowest BCUT2D eigenvalue weighted by molar-refractivity contribution is 0.0553. The van der Waals surface area contributed by atoms with Crippen molar-refractivity contribution in [3.63, 3.8) is 0 Å². The Balaban J connectivity index is 1.49. The van der Waals surface area contributed by atoms with E-state index in [9.17, 15) is 9.90 Å². The summed E-state index contributed by atoms with van der Waals surface area (Å²) >= 11 is 0. The van der Waals surface area contributed by atoms with Gasteiger partial charge in [0.05, 0.1) is 13.3 Å². The van der Waals surface area contributed by atoms with Crippen molar-refractivity contribution >= 4 is 5.97 Å². The zero-order valence-corrected chi connectivity index (χ0v) is 15.0. The van der Waals surface area contributed by atoms with E-state index in [2.05, 4.69) is 9.72 Å². The monoisotopic (exact) mass is 367 g/mol. The number of aliphatic hydroxyl groups excluding tert-OH is 1. The summed E-state index contributed by atoms with van der Waals surface area (Å²) in [6.45, 7) is 0.500. The van der Waals surface area contributed by atoms with Crippen LogP contribution in [-0.2, 0) is 17.8 Å². The third kappa shape index (κ3) is 5.18. The van der Waals surface area contributed by atoms with Crippen LogP contribution in [0.25, 0.3) is 0 Å². The maximum atomic E-state index is 11.4. The molecule has 0 saturated carbocycles. The average Bonchev–Trinajstić information content (AvgIpc) is 3.22. The minimum Gasteiger partial charge on any atom is -0.489 e. The standard InChI is InChI=1S/C21H21NO5/c1-25-21(24)19-13-22-20(27-19)18(23)12-11-15-7-9-16(10-8-15)14-26-17-5-3-2-4-6-17/h2-10,13,18,23H,11-12,14H2,1H3. The highest BCUT2D eigenvalue weighted by Gasteiger charge is 2.18. The number of hydrogen-bond donors (Lipinski definition) is 1. The van der Waals surface area contributed by atoms with Gasteiger partial charge in [-0.1, -0.05) is 42.5 Å². The predicted octanol–water partition coefficient (Wildman–Crippen LogP) is 3.71. The van der Waals surface area contributed by atoms with Crippen LogP contribution in [0.2, 0.25) is 0 Å². The lowest BCUT2D eigenvalue weighted by atomic mass is 10.1. The van der Waals surface area contributed by atoms with Crippen LogP contribution in [0.1, 0.15) is 40.1 Å². The normalized spacial score (nSPS) is 11.8. The Bertz CT molecular complexity index is 858. The van der Waals surface area contributed by atoms with Crippen molar-refractivity contribution in [2.24, 2.45) is 0 Å². The summed E-state index contributed by atoms with van der Waals surface area (Å²) in [7, 11) is 1.26. The molecule has 140 valence electrons. The second-order valence-corrected chi connectivity index (χ2v) is 6.03. The van der Waals surface area contributed by atoms with Gasteiger partial charge in [0, 0.05) is 0 Å². The summed E-state index contributed by atoms with van der Waals surface area (Å²) in [5.41, 5.74) is 2.15. The number of ether oxygens (including phenoxy) is 2. The molecule has 0 aliphatic carbocycles. The number of carbonyl (C=O) groups is 1. The Kier molecular flexibility index (Phi) is 6.22. The zero-order valence-electron chi connectivity index (χ0n) is 15.0. The highest BCUT2D eigenvalue weighted by atomic mass is 16.5. The van der Waals surface area contributed by atoms with Crippen LogP contribution in [0.15, 0.2) is 65.2 Å². The van der Waals surface area contributed by atoms with Crippen molar-refractivity contribution in [2.75, 3.05) is 7.11 Å². The van der Waals surface area contributed by atoms with Crippen LogP contribution < -0.4 is 4.74 Å². The number of rotatable bonds is 8. The van der Waals surface area contributed by atoms with E-state index < -0.39 is 12.1 Å². The molecule has 3 rings (SSSR count). The third-order valence-electron chi connectivity index (χ3n) is 4.07. The lowest BCUT2D eigenvalue weighted by Gasteiger charge is -2.09. The summed E-state index contributed by atoms with van der Waals surface area (Å²) in [4.78, 5) is 15.3. The molecule has 0 saturated heterocycles. The molecule has 2 aromatic carbocycles. The second-order valence-electron chi connectivity index (χ2n) is 6.03. The molecule has 1 N–H and O–H groups in total. The molecular weight excluding hydrogens is 346 g/mol. The minimum absolute atomic E-state index is 0.0191. The largest absolute Gasteiger partial charge is 0.489 e. The molecule has 27 heavy (non-hydrogen) atoms. The highest BCUT2D eigenvalue weighted by Crippen LogP contribution is 2.20. The smallest absolute Gasteiger partial charge is 0.375 e. The first-order valence-corrected chi connectivity index (χ1v) is 8.63. The zero-order chi connectivity index (χ0) is 19.1. The Hall–Kier alpha value is -3.12. The topological polar surface area (TPSA) is 81.8 Å². The van der Waals surface area contributed by atoms with Crippen LogP contribution >= 0.6 is 0 Å². The fraction of sp³-hybridized carbons (Fsp3) is 0.238. The molecule has 6 heteroatoms. The summed E-state index contributed by atoms with van der Waals surface area (Å²) in [5, 5.41) is 10.2. The Morgan fingerprint density at radius 2 is 1.81 bits per heavy atom. The third-order valence-corrected chi connectivity index (χ3v) is 4.07. The average molecular weight is 367 g/mol. The van der Waals surface area contributed by atoms with E-state index in [1.807, 2.05) is 54.6 Å². The van der Waals surface area contributed by atoms with Crippen molar-refractivity contribution in [1.82, 2.24) is 4.98 Å². The minimum atomic E-state index is -0.885. The van der Waals surface area contributed by atoms with E-state index in [0.717, 1.165) is 16.9 Å². The summed E-state index contributed by atoms with van der Waals surface area (Å²) in [6, 6.07) is 17.7. The van der Waals surface area contributed by atoms with Gasteiger partial charge in [-0.05, 0) is 36.1 Å². The van der Waals surface area contributed by atoms with Crippen LogP contribution in [0.3, 0.4) is 0 Å². The number of para-hydroxylation sites is 1. The van der Waals surface area contributed by atoms with E-state index >= 15 is 0 Å².